The quantitative estimate of drug-likeness (QED) is 0.653. The summed E-state index contributed by atoms with van der Waals surface area (Å²) in [6.07, 6.45) is -0.551. The number of nitrogens with two attached hydrogens (primary N) is 1. The molecule has 2 aliphatic rings. The lowest BCUT2D eigenvalue weighted by atomic mass is 10.1. The fourth-order valence-corrected chi connectivity index (χ4v) is 2.84. The molecule has 0 bridgehead atoms. The maximum atomic E-state index is 11.6. The Morgan fingerprint density at radius 2 is 2.14 bits per heavy atom. The number of hydrogen-bond acceptors (Lipinski definition) is 7. The Hall–Kier alpha value is -1.84. The zero-order valence-corrected chi connectivity index (χ0v) is 12.7. The lowest BCUT2D eigenvalue weighted by molar-refractivity contribution is -0.173. The first-order chi connectivity index (χ1) is 10.3. The second-order valence-electron chi connectivity index (χ2n) is 5.97. The van der Waals surface area contributed by atoms with Crippen molar-refractivity contribution < 1.29 is 14.2 Å². The molecule has 3 rings (SSSR count). The average molecular weight is 312 g/mol. The summed E-state index contributed by atoms with van der Waals surface area (Å²) in [5.74, 6) is -0.369. The molecule has 1 aromatic rings. The van der Waals surface area contributed by atoms with Crippen LogP contribution in [0.3, 0.4) is 0 Å². The van der Waals surface area contributed by atoms with Gasteiger partial charge in [-0.15, -0.1) is 0 Å². The van der Waals surface area contributed by atoms with Crippen molar-refractivity contribution in [1.82, 2.24) is 9.55 Å². The van der Waals surface area contributed by atoms with E-state index in [-0.39, 0.29) is 29.8 Å². The van der Waals surface area contributed by atoms with E-state index in [4.69, 9.17) is 19.9 Å². The minimum atomic E-state index is -0.632. The van der Waals surface area contributed by atoms with Gasteiger partial charge >= 0.3 is 5.69 Å². The maximum Gasteiger partial charge on any atom is 0.329 e. The van der Waals surface area contributed by atoms with E-state index in [1.807, 2.05) is 13.8 Å². The van der Waals surface area contributed by atoms with Gasteiger partial charge in [0.25, 0.3) is 5.56 Å². The summed E-state index contributed by atoms with van der Waals surface area (Å²) in [5, 5.41) is 3.00. The van der Waals surface area contributed by atoms with Gasteiger partial charge in [-0.1, -0.05) is 0 Å². The van der Waals surface area contributed by atoms with Crippen molar-refractivity contribution >= 4 is 11.5 Å². The number of nitrogen functional groups attached to an aromatic ring is 1. The molecule has 3 atom stereocenters. The third kappa shape index (κ3) is 2.51. The van der Waals surface area contributed by atoms with Crippen molar-refractivity contribution in [3.05, 3.63) is 20.8 Å². The molecule has 1 aromatic heterocycles. The minimum Gasteiger partial charge on any atom is -0.391 e. The van der Waals surface area contributed by atoms with Gasteiger partial charge in [-0.2, -0.15) is 0 Å². The van der Waals surface area contributed by atoms with Crippen molar-refractivity contribution in [1.29, 1.82) is 0 Å². The molecule has 9 heteroatoms. The third-order valence-electron chi connectivity index (χ3n) is 3.89. The van der Waals surface area contributed by atoms with Gasteiger partial charge in [0.2, 0.25) is 0 Å². The smallest absolute Gasteiger partial charge is 0.329 e. The topological polar surface area (TPSA) is 121 Å². The molecule has 0 radical (unpaired) electrons. The van der Waals surface area contributed by atoms with E-state index in [1.165, 1.54) is 11.6 Å². The Labute approximate surface area is 126 Å². The van der Waals surface area contributed by atoms with E-state index >= 15 is 0 Å². The van der Waals surface area contributed by atoms with Crippen LogP contribution in [-0.4, -0.2) is 46.8 Å². The second kappa shape index (κ2) is 5.11. The monoisotopic (exact) mass is 312 g/mol. The summed E-state index contributed by atoms with van der Waals surface area (Å²) in [5.41, 5.74) is 4.54. The van der Waals surface area contributed by atoms with Crippen molar-refractivity contribution in [2.45, 2.75) is 37.9 Å². The average Bonchev–Trinajstić information content (AvgIpc) is 2.92. The molecular formula is C13H20N4O5. The van der Waals surface area contributed by atoms with Crippen LogP contribution in [0.25, 0.3) is 0 Å². The highest BCUT2D eigenvalue weighted by Gasteiger charge is 2.49. The first-order valence-corrected chi connectivity index (χ1v) is 7.08. The highest BCUT2D eigenvalue weighted by atomic mass is 16.8. The summed E-state index contributed by atoms with van der Waals surface area (Å²) < 4.78 is 18.5. The first kappa shape index (κ1) is 15.1. The van der Waals surface area contributed by atoms with Crippen molar-refractivity contribution in [2.75, 3.05) is 24.2 Å². The van der Waals surface area contributed by atoms with Gasteiger partial charge < -0.3 is 25.3 Å². The van der Waals surface area contributed by atoms with Gasteiger partial charge in [0.15, 0.2) is 5.79 Å². The summed E-state index contributed by atoms with van der Waals surface area (Å²) in [7, 11) is 1.52. The number of ether oxygens (including phenoxy) is 3. The largest absolute Gasteiger partial charge is 0.391 e. The lowest BCUT2D eigenvalue weighted by Crippen LogP contribution is -2.37. The fourth-order valence-electron chi connectivity index (χ4n) is 2.84. The van der Waals surface area contributed by atoms with E-state index < -0.39 is 17.0 Å². The van der Waals surface area contributed by atoms with Crippen LogP contribution in [0.5, 0.6) is 0 Å². The van der Waals surface area contributed by atoms with Crippen LogP contribution in [0.4, 0.5) is 11.5 Å². The number of aromatic nitrogens is 2. The zero-order chi connectivity index (χ0) is 16.1. The van der Waals surface area contributed by atoms with Crippen LogP contribution >= 0.6 is 0 Å². The highest BCUT2D eigenvalue weighted by molar-refractivity contribution is 5.59. The first-order valence-electron chi connectivity index (χ1n) is 7.08. The molecule has 0 aliphatic carbocycles. The Morgan fingerprint density at radius 3 is 2.86 bits per heavy atom. The maximum absolute atomic E-state index is 11.6. The van der Waals surface area contributed by atoms with E-state index in [0.29, 0.717) is 13.2 Å². The van der Waals surface area contributed by atoms with Crippen LogP contribution in [0.15, 0.2) is 9.59 Å². The van der Waals surface area contributed by atoms with Crippen LogP contribution in [0, 0.1) is 0 Å². The van der Waals surface area contributed by atoms with E-state index in [1.54, 1.807) is 0 Å². The Balaban J connectivity index is 1.74. The molecule has 4 N–H and O–H groups in total. The predicted octanol–water partition coefficient (Wildman–Crippen LogP) is -1.01. The Bertz CT molecular complexity index is 660. The standard InChI is InChI=1S/C13H20N4O5/c1-13(2)21-7-5-20-6(9(7)22-13)4-15-10-8(14)11(18)16-12(19)17(10)3/h6-7,9,15H,4-5,14H2,1-3H3,(H,16,18,19). The highest BCUT2D eigenvalue weighted by Crippen LogP contribution is 2.35. The van der Waals surface area contributed by atoms with Gasteiger partial charge in [-0.05, 0) is 13.8 Å². The Kier molecular flexibility index (Phi) is 3.50. The SMILES string of the molecule is Cn1c(NCC2OCC3OC(C)(C)OC23)c(N)c(=O)[nH]c1=O. The molecular weight excluding hydrogens is 292 g/mol. The molecule has 2 saturated heterocycles. The number of anilines is 2. The zero-order valence-electron chi connectivity index (χ0n) is 12.7. The van der Waals surface area contributed by atoms with Crippen molar-refractivity contribution in [3.63, 3.8) is 0 Å². The van der Waals surface area contributed by atoms with E-state index in [0.717, 1.165) is 0 Å². The molecule has 0 aromatic carbocycles. The van der Waals surface area contributed by atoms with Gasteiger partial charge in [-0.3, -0.25) is 14.3 Å². The number of H-pyrrole nitrogens is 1. The summed E-state index contributed by atoms with van der Waals surface area (Å²) in [4.78, 5) is 25.3. The number of fused-ring (bicyclic) bond motifs is 1. The molecule has 3 heterocycles. The number of hydrogen-bond donors (Lipinski definition) is 3. The number of aromatic amines is 1. The molecule has 9 nitrogen and oxygen atoms in total. The number of rotatable bonds is 3. The normalized spacial score (nSPS) is 29.5. The number of nitrogens with one attached hydrogen (secondary N) is 2. The minimum absolute atomic E-state index is 0.0411. The molecule has 0 spiro atoms. The van der Waals surface area contributed by atoms with Crippen LogP contribution < -0.4 is 22.3 Å². The summed E-state index contributed by atoms with van der Waals surface area (Å²) >= 11 is 0. The summed E-state index contributed by atoms with van der Waals surface area (Å²) in [6.45, 7) is 4.51. The Morgan fingerprint density at radius 1 is 1.41 bits per heavy atom. The third-order valence-corrected chi connectivity index (χ3v) is 3.89. The molecule has 0 saturated carbocycles. The molecule has 122 valence electrons. The molecule has 2 fully saturated rings. The van der Waals surface area contributed by atoms with Crippen molar-refractivity contribution in [2.24, 2.45) is 7.05 Å². The van der Waals surface area contributed by atoms with E-state index in [9.17, 15) is 9.59 Å². The molecule has 3 unspecified atom stereocenters. The van der Waals surface area contributed by atoms with Crippen LogP contribution in [-0.2, 0) is 21.3 Å². The van der Waals surface area contributed by atoms with E-state index in [2.05, 4.69) is 10.3 Å². The van der Waals surface area contributed by atoms with Gasteiger partial charge in [0, 0.05) is 13.6 Å². The molecule has 2 aliphatic heterocycles. The predicted molar refractivity (Wildman–Crippen MR) is 78.8 cm³/mol. The fraction of sp³-hybridized carbons (Fsp3) is 0.692. The van der Waals surface area contributed by atoms with Crippen LogP contribution in [0.1, 0.15) is 13.8 Å². The lowest BCUT2D eigenvalue weighted by Gasteiger charge is -2.22. The van der Waals surface area contributed by atoms with Crippen molar-refractivity contribution in [3.8, 4) is 0 Å². The van der Waals surface area contributed by atoms with Gasteiger partial charge in [0.1, 0.15) is 29.8 Å². The van der Waals surface area contributed by atoms with Crippen LogP contribution in [0.2, 0.25) is 0 Å². The molecule has 0 amide bonds. The second-order valence-corrected chi connectivity index (χ2v) is 5.97. The number of nitrogens with zero attached hydrogens (tertiary/aromatic N) is 1. The van der Waals surface area contributed by atoms with Gasteiger partial charge in [-0.25, -0.2) is 4.79 Å². The van der Waals surface area contributed by atoms with Gasteiger partial charge in [0.05, 0.1) is 6.61 Å². The summed E-state index contributed by atoms with van der Waals surface area (Å²) in [6, 6.07) is 0. The molecule has 22 heavy (non-hydrogen) atoms.